The lowest BCUT2D eigenvalue weighted by Gasteiger charge is -2.28. The highest BCUT2D eigenvalue weighted by Crippen LogP contribution is 2.29. The van der Waals surface area contributed by atoms with E-state index >= 15 is 0 Å². The number of anilines is 3. The Morgan fingerprint density at radius 2 is 1.75 bits per heavy atom. The molecular formula is C24H25N5O6S. The molecule has 0 aliphatic carbocycles. The zero-order chi connectivity index (χ0) is 25.5. The van der Waals surface area contributed by atoms with E-state index in [1.807, 2.05) is 24.3 Å². The van der Waals surface area contributed by atoms with Crippen LogP contribution in [0.15, 0.2) is 76.7 Å². The van der Waals surface area contributed by atoms with E-state index in [4.69, 9.17) is 9.47 Å². The summed E-state index contributed by atoms with van der Waals surface area (Å²) in [5.41, 5.74) is 4.44. The van der Waals surface area contributed by atoms with E-state index < -0.39 is 20.6 Å². The maximum atomic E-state index is 12.8. The largest absolute Gasteiger partial charge is 0.497 e. The van der Waals surface area contributed by atoms with Gasteiger partial charge in [-0.25, -0.2) is 8.42 Å². The van der Waals surface area contributed by atoms with E-state index in [-0.39, 0.29) is 10.6 Å². The molecule has 1 heterocycles. The van der Waals surface area contributed by atoms with Crippen molar-refractivity contribution in [2.75, 3.05) is 48.5 Å². The number of nitrogens with zero attached hydrogens (tertiary/aromatic N) is 3. The van der Waals surface area contributed by atoms with Gasteiger partial charge in [-0.1, -0.05) is 12.1 Å². The molecular weight excluding hydrogens is 486 g/mol. The average Bonchev–Trinajstić information content (AvgIpc) is 2.90. The molecule has 36 heavy (non-hydrogen) atoms. The SMILES string of the molecule is COc1ccc(NS(=O)(=O)c2ccc(N/N=C\c3ccc(N4CCOCC4)cc3)c([N+](=O)[O-])c2)cc1. The summed E-state index contributed by atoms with van der Waals surface area (Å²) in [7, 11) is -2.56. The number of rotatable bonds is 9. The predicted molar refractivity (Wildman–Crippen MR) is 138 cm³/mol. The van der Waals surface area contributed by atoms with Gasteiger partial charge < -0.3 is 14.4 Å². The molecule has 1 saturated heterocycles. The van der Waals surface area contributed by atoms with Crippen molar-refractivity contribution in [3.8, 4) is 5.75 Å². The van der Waals surface area contributed by atoms with Crippen molar-refractivity contribution < 1.29 is 22.8 Å². The first-order valence-electron chi connectivity index (χ1n) is 11.0. The van der Waals surface area contributed by atoms with Gasteiger partial charge in [0.1, 0.15) is 11.4 Å². The Morgan fingerprint density at radius 1 is 1.06 bits per heavy atom. The molecule has 1 aliphatic heterocycles. The number of hydrogen-bond acceptors (Lipinski definition) is 9. The van der Waals surface area contributed by atoms with Gasteiger partial charge in [0.2, 0.25) is 0 Å². The third kappa shape index (κ3) is 6.09. The van der Waals surface area contributed by atoms with E-state index in [1.54, 1.807) is 12.1 Å². The Bertz CT molecular complexity index is 1340. The molecule has 0 saturated carbocycles. The molecule has 11 nitrogen and oxygen atoms in total. The number of hydrazone groups is 1. The van der Waals surface area contributed by atoms with Crippen LogP contribution in [-0.2, 0) is 14.8 Å². The first-order valence-corrected chi connectivity index (χ1v) is 12.5. The molecule has 1 fully saturated rings. The van der Waals surface area contributed by atoms with E-state index in [0.717, 1.165) is 30.4 Å². The fourth-order valence-corrected chi connectivity index (χ4v) is 4.64. The summed E-state index contributed by atoms with van der Waals surface area (Å²) >= 11 is 0. The van der Waals surface area contributed by atoms with Gasteiger partial charge in [-0.3, -0.25) is 20.3 Å². The second kappa shape index (κ2) is 11.1. The second-order valence-electron chi connectivity index (χ2n) is 7.83. The molecule has 3 aromatic carbocycles. The maximum absolute atomic E-state index is 12.8. The van der Waals surface area contributed by atoms with Crippen molar-refractivity contribution in [1.29, 1.82) is 0 Å². The number of methoxy groups -OCH3 is 1. The first-order chi connectivity index (χ1) is 17.4. The second-order valence-corrected chi connectivity index (χ2v) is 9.51. The Balaban J connectivity index is 1.46. The summed E-state index contributed by atoms with van der Waals surface area (Å²) in [6.07, 6.45) is 1.53. The predicted octanol–water partition coefficient (Wildman–Crippen LogP) is 3.69. The van der Waals surface area contributed by atoms with Gasteiger partial charge in [-0.15, -0.1) is 0 Å². The van der Waals surface area contributed by atoms with Gasteiger partial charge in [-0.2, -0.15) is 5.10 Å². The van der Waals surface area contributed by atoms with Crippen LogP contribution >= 0.6 is 0 Å². The molecule has 1 aliphatic rings. The lowest BCUT2D eigenvalue weighted by molar-refractivity contribution is -0.384. The van der Waals surface area contributed by atoms with E-state index in [0.29, 0.717) is 24.7 Å². The third-order valence-corrected chi connectivity index (χ3v) is 6.87. The van der Waals surface area contributed by atoms with Crippen molar-refractivity contribution in [1.82, 2.24) is 0 Å². The van der Waals surface area contributed by atoms with Crippen LogP contribution in [0.2, 0.25) is 0 Å². The van der Waals surface area contributed by atoms with Crippen molar-refractivity contribution >= 4 is 39.0 Å². The van der Waals surface area contributed by atoms with Crippen LogP contribution in [0.3, 0.4) is 0 Å². The highest BCUT2D eigenvalue weighted by Gasteiger charge is 2.21. The standard InChI is InChI=1S/C24H25N5O6S/c1-34-21-8-4-19(5-9-21)27-36(32,33)22-10-11-23(24(16-22)29(30)31)26-25-17-18-2-6-20(7-3-18)28-12-14-35-15-13-28/h2-11,16-17,26-27H,12-15H2,1H3/b25-17-. The number of ether oxygens (including phenoxy) is 2. The summed E-state index contributed by atoms with van der Waals surface area (Å²) in [5.74, 6) is 0.567. The Kier molecular flexibility index (Phi) is 7.66. The topological polar surface area (TPSA) is 135 Å². The summed E-state index contributed by atoms with van der Waals surface area (Å²) in [5, 5.41) is 15.7. The minimum Gasteiger partial charge on any atom is -0.497 e. The fraction of sp³-hybridized carbons (Fsp3) is 0.208. The highest BCUT2D eigenvalue weighted by atomic mass is 32.2. The molecule has 0 atom stereocenters. The molecule has 0 bridgehead atoms. The van der Waals surface area contributed by atoms with Gasteiger partial charge in [-0.05, 0) is 54.1 Å². The molecule has 188 valence electrons. The van der Waals surface area contributed by atoms with Gasteiger partial charge in [0.15, 0.2) is 0 Å². The van der Waals surface area contributed by atoms with E-state index in [2.05, 4.69) is 20.1 Å². The summed E-state index contributed by atoms with van der Waals surface area (Å²) in [6.45, 7) is 3.06. The van der Waals surface area contributed by atoms with Gasteiger partial charge in [0.05, 0.1) is 36.4 Å². The van der Waals surface area contributed by atoms with Crippen LogP contribution in [0.25, 0.3) is 0 Å². The van der Waals surface area contributed by atoms with E-state index in [9.17, 15) is 18.5 Å². The van der Waals surface area contributed by atoms with Crippen molar-refractivity contribution in [2.24, 2.45) is 5.10 Å². The van der Waals surface area contributed by atoms with Gasteiger partial charge >= 0.3 is 0 Å². The average molecular weight is 512 g/mol. The molecule has 2 N–H and O–H groups in total. The molecule has 0 aromatic heterocycles. The number of nitro groups is 1. The zero-order valence-electron chi connectivity index (χ0n) is 19.5. The van der Waals surface area contributed by atoms with Gasteiger partial charge in [0.25, 0.3) is 15.7 Å². The van der Waals surface area contributed by atoms with Crippen LogP contribution in [0.1, 0.15) is 5.56 Å². The number of sulfonamides is 1. The zero-order valence-corrected chi connectivity index (χ0v) is 20.3. The normalized spacial score (nSPS) is 14.0. The number of nitrogens with one attached hydrogen (secondary N) is 2. The highest BCUT2D eigenvalue weighted by molar-refractivity contribution is 7.92. The van der Waals surface area contributed by atoms with E-state index in [1.165, 1.54) is 37.6 Å². The van der Waals surface area contributed by atoms with Gasteiger partial charge in [0, 0.05) is 30.5 Å². The maximum Gasteiger partial charge on any atom is 0.295 e. The molecule has 12 heteroatoms. The summed E-state index contributed by atoms with van der Waals surface area (Å²) in [4.78, 5) is 12.9. The monoisotopic (exact) mass is 511 g/mol. The third-order valence-electron chi connectivity index (χ3n) is 5.49. The number of hydrogen-bond donors (Lipinski definition) is 2. The first kappa shape index (κ1) is 24.9. The number of morpholine rings is 1. The quantitative estimate of drug-likeness (QED) is 0.252. The summed E-state index contributed by atoms with van der Waals surface area (Å²) < 4.78 is 38.3. The van der Waals surface area contributed by atoms with Crippen LogP contribution in [-0.4, -0.2) is 53.0 Å². The van der Waals surface area contributed by atoms with Crippen LogP contribution < -0.4 is 19.8 Å². The molecule has 0 spiro atoms. The summed E-state index contributed by atoms with van der Waals surface area (Å²) in [6, 6.07) is 17.6. The fourth-order valence-electron chi connectivity index (χ4n) is 3.57. The Labute approximate surface area is 208 Å². The molecule has 0 amide bonds. The van der Waals surface area contributed by atoms with Crippen LogP contribution in [0.4, 0.5) is 22.7 Å². The molecule has 4 rings (SSSR count). The lowest BCUT2D eigenvalue weighted by Crippen LogP contribution is -2.36. The van der Waals surface area contributed by atoms with Crippen molar-refractivity contribution in [3.63, 3.8) is 0 Å². The number of nitro benzene ring substituents is 1. The van der Waals surface area contributed by atoms with Crippen molar-refractivity contribution in [3.05, 3.63) is 82.4 Å². The molecule has 3 aromatic rings. The Hall–Kier alpha value is -4.16. The smallest absolute Gasteiger partial charge is 0.295 e. The van der Waals surface area contributed by atoms with Crippen LogP contribution in [0, 0.1) is 10.1 Å². The number of benzene rings is 3. The molecule has 0 radical (unpaired) electrons. The molecule has 0 unspecified atom stereocenters. The minimum absolute atomic E-state index is 0.0598. The minimum atomic E-state index is -4.06. The Morgan fingerprint density at radius 3 is 2.39 bits per heavy atom. The lowest BCUT2D eigenvalue weighted by atomic mass is 10.2. The van der Waals surface area contributed by atoms with Crippen molar-refractivity contribution in [2.45, 2.75) is 4.90 Å². The van der Waals surface area contributed by atoms with Crippen LogP contribution in [0.5, 0.6) is 5.75 Å².